The molecular weight excluding hydrogens is 287 g/mol. The van der Waals surface area contributed by atoms with Crippen LogP contribution in [-0.4, -0.2) is 22.7 Å². The number of rotatable bonds is 4. The molecule has 5 nitrogen and oxygen atoms in total. The first kappa shape index (κ1) is 14.7. The molecular formula is C12H18Cl2N4O. The van der Waals surface area contributed by atoms with Crippen LogP contribution in [0.3, 0.4) is 0 Å². The number of aromatic nitrogens is 1. The average molecular weight is 305 g/mol. The van der Waals surface area contributed by atoms with Crippen LogP contribution in [0.25, 0.3) is 0 Å². The number of aliphatic hydroxyl groups excluding tert-OH is 1. The van der Waals surface area contributed by atoms with Gasteiger partial charge in [-0.25, -0.2) is 10.8 Å². The maximum Gasteiger partial charge on any atom is 0.161 e. The first-order chi connectivity index (χ1) is 9.10. The fraction of sp³-hybridized carbons (Fsp3) is 0.583. The smallest absolute Gasteiger partial charge is 0.161 e. The van der Waals surface area contributed by atoms with Crippen LogP contribution in [0, 0.1) is 5.92 Å². The third-order valence-corrected chi connectivity index (χ3v) is 3.96. The molecule has 2 unspecified atom stereocenters. The molecule has 2 rings (SSSR count). The number of hydrogen-bond acceptors (Lipinski definition) is 5. The van der Waals surface area contributed by atoms with E-state index >= 15 is 0 Å². The van der Waals surface area contributed by atoms with Gasteiger partial charge in [-0.2, -0.15) is 0 Å². The van der Waals surface area contributed by atoms with Crippen molar-refractivity contribution in [1.82, 2.24) is 4.98 Å². The molecule has 7 heteroatoms. The van der Waals surface area contributed by atoms with Gasteiger partial charge in [-0.3, -0.25) is 0 Å². The first-order valence-corrected chi connectivity index (χ1v) is 7.10. The van der Waals surface area contributed by atoms with Crippen LogP contribution in [0.15, 0.2) is 6.07 Å². The zero-order chi connectivity index (χ0) is 13.8. The number of aliphatic hydroxyl groups is 1. The first-order valence-electron chi connectivity index (χ1n) is 6.34. The van der Waals surface area contributed by atoms with Crippen LogP contribution in [0.4, 0.5) is 11.6 Å². The Morgan fingerprint density at radius 1 is 1.32 bits per heavy atom. The molecule has 5 N–H and O–H groups in total. The van der Waals surface area contributed by atoms with Gasteiger partial charge >= 0.3 is 0 Å². The molecule has 1 heterocycles. The minimum atomic E-state index is -0.185. The van der Waals surface area contributed by atoms with Gasteiger partial charge in [-0.05, 0) is 31.2 Å². The van der Waals surface area contributed by atoms with Crippen LogP contribution in [0.2, 0.25) is 10.0 Å². The Labute approximate surface area is 122 Å². The lowest BCUT2D eigenvalue weighted by Crippen LogP contribution is -2.25. The number of anilines is 2. The summed E-state index contributed by atoms with van der Waals surface area (Å²) in [6.07, 6.45) is 3.70. The number of nitrogens with zero attached hydrogens (tertiary/aromatic N) is 1. The van der Waals surface area contributed by atoms with Crippen molar-refractivity contribution in [2.75, 3.05) is 17.3 Å². The third kappa shape index (κ3) is 3.86. The number of pyridine rings is 1. The van der Waals surface area contributed by atoms with E-state index in [4.69, 9.17) is 29.0 Å². The van der Waals surface area contributed by atoms with Gasteiger partial charge in [0.25, 0.3) is 0 Å². The van der Waals surface area contributed by atoms with E-state index in [1.54, 1.807) is 6.07 Å². The van der Waals surface area contributed by atoms with Crippen molar-refractivity contribution in [1.29, 1.82) is 0 Å². The van der Waals surface area contributed by atoms with Gasteiger partial charge in [0.1, 0.15) is 5.82 Å². The molecule has 1 aromatic heterocycles. The molecule has 0 spiro atoms. The molecule has 19 heavy (non-hydrogen) atoms. The Kier molecular flexibility index (Phi) is 5.10. The third-order valence-electron chi connectivity index (χ3n) is 3.38. The maximum absolute atomic E-state index is 9.64. The van der Waals surface area contributed by atoms with Crippen molar-refractivity contribution in [3.8, 4) is 0 Å². The second kappa shape index (κ2) is 6.61. The molecule has 1 aliphatic rings. The summed E-state index contributed by atoms with van der Waals surface area (Å²) in [6, 6.07) is 1.60. The normalized spacial score (nSPS) is 23.2. The Balaban J connectivity index is 1.99. The summed E-state index contributed by atoms with van der Waals surface area (Å²) >= 11 is 12.0. The summed E-state index contributed by atoms with van der Waals surface area (Å²) in [5.41, 5.74) is 2.43. The molecule has 0 amide bonds. The molecule has 0 saturated heterocycles. The highest BCUT2D eigenvalue weighted by Gasteiger charge is 2.20. The molecule has 1 fully saturated rings. The predicted octanol–water partition coefficient (Wildman–Crippen LogP) is 2.64. The van der Waals surface area contributed by atoms with E-state index in [1.807, 2.05) is 0 Å². The van der Waals surface area contributed by atoms with Gasteiger partial charge in [0.2, 0.25) is 0 Å². The fourth-order valence-corrected chi connectivity index (χ4v) is 2.86. The van der Waals surface area contributed by atoms with Gasteiger partial charge in [0.05, 0.1) is 16.1 Å². The van der Waals surface area contributed by atoms with Crippen LogP contribution >= 0.6 is 23.2 Å². The Morgan fingerprint density at radius 3 is 2.74 bits per heavy atom. The van der Waals surface area contributed by atoms with E-state index in [-0.39, 0.29) is 6.10 Å². The van der Waals surface area contributed by atoms with E-state index in [1.165, 1.54) is 0 Å². The molecule has 0 radical (unpaired) electrons. The number of hydrogen-bond donors (Lipinski definition) is 4. The van der Waals surface area contributed by atoms with Crippen molar-refractivity contribution in [3.05, 3.63) is 16.1 Å². The second-order valence-electron chi connectivity index (χ2n) is 4.86. The highest BCUT2D eigenvalue weighted by molar-refractivity contribution is 6.37. The highest BCUT2D eigenvalue weighted by atomic mass is 35.5. The monoisotopic (exact) mass is 304 g/mol. The quantitative estimate of drug-likeness (QED) is 0.508. The molecule has 106 valence electrons. The minimum Gasteiger partial charge on any atom is -0.393 e. The zero-order valence-electron chi connectivity index (χ0n) is 10.5. The Morgan fingerprint density at radius 2 is 2.05 bits per heavy atom. The van der Waals surface area contributed by atoms with Gasteiger partial charge in [-0.15, -0.1) is 0 Å². The van der Waals surface area contributed by atoms with Crippen LogP contribution in [0.5, 0.6) is 0 Å². The van der Waals surface area contributed by atoms with E-state index in [0.29, 0.717) is 27.6 Å². The molecule has 1 aromatic rings. The summed E-state index contributed by atoms with van der Waals surface area (Å²) < 4.78 is 0. The van der Waals surface area contributed by atoms with Crippen LogP contribution < -0.4 is 16.6 Å². The highest BCUT2D eigenvalue weighted by Crippen LogP contribution is 2.30. The molecule has 0 bridgehead atoms. The van der Waals surface area contributed by atoms with Gasteiger partial charge in [0, 0.05) is 6.54 Å². The molecule has 0 aliphatic heterocycles. The van der Waals surface area contributed by atoms with Gasteiger partial charge in [-0.1, -0.05) is 29.6 Å². The van der Waals surface area contributed by atoms with Crippen LogP contribution in [0.1, 0.15) is 25.7 Å². The summed E-state index contributed by atoms with van der Waals surface area (Å²) in [5, 5.41) is 13.7. The summed E-state index contributed by atoms with van der Waals surface area (Å²) in [4.78, 5) is 4.22. The predicted molar refractivity (Wildman–Crippen MR) is 78.5 cm³/mol. The topological polar surface area (TPSA) is 83.2 Å². The number of halogens is 2. The molecule has 1 aliphatic carbocycles. The molecule has 0 aromatic carbocycles. The van der Waals surface area contributed by atoms with Crippen LogP contribution in [-0.2, 0) is 0 Å². The number of nitrogens with two attached hydrogens (primary N) is 1. The Hall–Kier alpha value is -0.750. The van der Waals surface area contributed by atoms with Crippen molar-refractivity contribution >= 4 is 34.8 Å². The summed E-state index contributed by atoms with van der Waals surface area (Å²) in [6.45, 7) is 0.732. The lowest BCUT2D eigenvalue weighted by atomic mass is 9.87. The second-order valence-corrected chi connectivity index (χ2v) is 5.68. The van der Waals surface area contributed by atoms with E-state index < -0.39 is 0 Å². The largest absolute Gasteiger partial charge is 0.393 e. The zero-order valence-corrected chi connectivity index (χ0v) is 12.0. The number of nitrogens with one attached hydrogen (secondary N) is 2. The molecule has 2 atom stereocenters. The molecule has 1 saturated carbocycles. The average Bonchev–Trinajstić information content (AvgIpc) is 2.38. The lowest BCUT2D eigenvalue weighted by molar-refractivity contribution is 0.104. The summed E-state index contributed by atoms with van der Waals surface area (Å²) in [7, 11) is 0. The minimum absolute atomic E-state index is 0.185. The van der Waals surface area contributed by atoms with Gasteiger partial charge < -0.3 is 15.8 Å². The number of hydrazine groups is 1. The van der Waals surface area contributed by atoms with E-state index in [9.17, 15) is 5.11 Å². The van der Waals surface area contributed by atoms with E-state index in [0.717, 1.165) is 32.2 Å². The van der Waals surface area contributed by atoms with Crippen molar-refractivity contribution < 1.29 is 5.11 Å². The van der Waals surface area contributed by atoms with Crippen molar-refractivity contribution in [2.45, 2.75) is 31.8 Å². The van der Waals surface area contributed by atoms with Crippen molar-refractivity contribution in [3.63, 3.8) is 0 Å². The maximum atomic E-state index is 9.64. The standard InChI is InChI=1S/C12H18Cl2N4O/c13-9-5-10(14)12(18-15)17-11(9)16-6-7-2-1-3-8(19)4-7/h5,7-8,19H,1-4,6,15H2,(H2,16,17,18). The van der Waals surface area contributed by atoms with Crippen molar-refractivity contribution in [2.24, 2.45) is 11.8 Å². The van der Waals surface area contributed by atoms with Gasteiger partial charge in [0.15, 0.2) is 5.82 Å². The fourth-order valence-electron chi connectivity index (χ4n) is 2.38. The van der Waals surface area contributed by atoms with E-state index in [2.05, 4.69) is 15.7 Å². The Bertz CT molecular complexity index is 444. The number of nitrogen functional groups attached to an aromatic ring is 1. The lowest BCUT2D eigenvalue weighted by Gasteiger charge is -2.26. The SMILES string of the molecule is NNc1nc(NCC2CCCC(O)C2)c(Cl)cc1Cl. The summed E-state index contributed by atoms with van der Waals surface area (Å²) in [5.74, 6) is 6.70.